The Hall–Kier alpha value is -1.49. The summed E-state index contributed by atoms with van der Waals surface area (Å²) in [5.41, 5.74) is 2.93. The molecule has 0 saturated carbocycles. The van der Waals surface area contributed by atoms with Crippen molar-refractivity contribution in [3.63, 3.8) is 0 Å². The van der Waals surface area contributed by atoms with E-state index in [1.165, 1.54) is 0 Å². The fraction of sp³-hybridized carbons (Fsp3) is 0.385. The van der Waals surface area contributed by atoms with Crippen molar-refractivity contribution in [2.45, 2.75) is 32.6 Å². The lowest BCUT2D eigenvalue weighted by Gasteiger charge is -2.07. The summed E-state index contributed by atoms with van der Waals surface area (Å²) in [6.07, 6.45) is 0.971. The van der Waals surface area contributed by atoms with Crippen molar-refractivity contribution >= 4 is 23.2 Å². The maximum Gasteiger partial charge on any atom is 0.350 e. The van der Waals surface area contributed by atoms with Crippen LogP contribution in [0.3, 0.4) is 0 Å². The van der Waals surface area contributed by atoms with Gasteiger partial charge in [0, 0.05) is 0 Å². The van der Waals surface area contributed by atoms with Crippen LogP contribution in [-0.4, -0.2) is 23.0 Å². The zero-order valence-electron chi connectivity index (χ0n) is 11.0. The average Bonchev–Trinajstić information content (AvgIpc) is 2.25. The largest absolute Gasteiger partial charge is 0.462 e. The molecular weight excluding hydrogens is 250 g/mol. The summed E-state index contributed by atoms with van der Waals surface area (Å²) in [5.74, 6) is -0.576. The Morgan fingerprint density at radius 2 is 1.89 bits per heavy atom. The second kappa shape index (κ2) is 6.44. The fourth-order valence-corrected chi connectivity index (χ4v) is 2.72. The SMILES string of the molecule is CCOC(=O)C=NS(=O)c1c(C)cc(C)cc1C. The van der Waals surface area contributed by atoms with Gasteiger partial charge in [0.25, 0.3) is 0 Å². The number of carbonyl (C=O) groups is 1. The number of ether oxygens (including phenoxy) is 1. The molecule has 0 saturated heterocycles. The van der Waals surface area contributed by atoms with Crippen LogP contribution in [0.25, 0.3) is 0 Å². The number of hydrogen-bond acceptors (Lipinski definition) is 3. The van der Waals surface area contributed by atoms with Crippen molar-refractivity contribution in [3.8, 4) is 0 Å². The Bertz CT molecular complexity index is 486. The smallest absolute Gasteiger partial charge is 0.350 e. The number of hydrogen-bond donors (Lipinski definition) is 0. The first-order valence-corrected chi connectivity index (χ1v) is 6.77. The van der Waals surface area contributed by atoms with Gasteiger partial charge in [-0.25, -0.2) is 9.00 Å². The molecule has 0 radical (unpaired) electrons. The zero-order valence-corrected chi connectivity index (χ0v) is 11.8. The van der Waals surface area contributed by atoms with Crippen LogP contribution in [0, 0.1) is 20.8 Å². The van der Waals surface area contributed by atoms with Crippen molar-refractivity contribution in [1.82, 2.24) is 0 Å². The molecule has 18 heavy (non-hydrogen) atoms. The van der Waals surface area contributed by atoms with Crippen molar-refractivity contribution in [2.24, 2.45) is 4.40 Å². The van der Waals surface area contributed by atoms with Crippen LogP contribution < -0.4 is 0 Å². The number of esters is 1. The van der Waals surface area contributed by atoms with Gasteiger partial charge in [-0.1, -0.05) is 17.7 Å². The number of aryl methyl sites for hydroxylation is 3. The van der Waals surface area contributed by atoms with Gasteiger partial charge in [-0.05, 0) is 38.8 Å². The predicted octanol–water partition coefficient (Wildman–Crippen LogP) is 2.27. The number of benzene rings is 1. The van der Waals surface area contributed by atoms with Crippen molar-refractivity contribution in [3.05, 3.63) is 28.8 Å². The molecule has 5 heteroatoms. The molecule has 0 aliphatic rings. The van der Waals surface area contributed by atoms with E-state index in [1.54, 1.807) is 6.92 Å². The van der Waals surface area contributed by atoms with Crippen molar-refractivity contribution in [1.29, 1.82) is 0 Å². The molecule has 0 amide bonds. The summed E-state index contributed by atoms with van der Waals surface area (Å²) in [4.78, 5) is 11.8. The standard InChI is InChI=1S/C13H17NO3S/c1-5-17-12(15)8-14-18(16)13-10(3)6-9(2)7-11(13)4/h6-8H,5H2,1-4H3. The van der Waals surface area contributed by atoms with E-state index in [4.69, 9.17) is 0 Å². The molecule has 0 aliphatic heterocycles. The highest BCUT2D eigenvalue weighted by molar-refractivity contribution is 7.84. The highest BCUT2D eigenvalue weighted by Gasteiger charge is 2.10. The van der Waals surface area contributed by atoms with E-state index in [0.29, 0.717) is 4.90 Å². The Morgan fingerprint density at radius 3 is 2.39 bits per heavy atom. The van der Waals surface area contributed by atoms with Gasteiger partial charge in [-0.3, -0.25) is 0 Å². The van der Waals surface area contributed by atoms with Gasteiger partial charge in [-0.2, -0.15) is 4.40 Å². The quantitative estimate of drug-likeness (QED) is 0.621. The minimum atomic E-state index is -1.57. The lowest BCUT2D eigenvalue weighted by Crippen LogP contribution is -2.06. The topological polar surface area (TPSA) is 55.7 Å². The Labute approximate surface area is 110 Å². The summed E-state index contributed by atoms with van der Waals surface area (Å²) < 4.78 is 20.4. The molecule has 98 valence electrons. The molecule has 1 aromatic carbocycles. The summed E-state index contributed by atoms with van der Waals surface area (Å²) in [7, 11) is -1.57. The normalized spacial score (nSPS) is 12.7. The van der Waals surface area contributed by atoms with Gasteiger partial charge >= 0.3 is 5.97 Å². The molecule has 1 atom stereocenters. The molecule has 1 unspecified atom stereocenters. The van der Waals surface area contributed by atoms with Crippen LogP contribution in [0.15, 0.2) is 21.4 Å². The highest BCUT2D eigenvalue weighted by atomic mass is 32.2. The van der Waals surface area contributed by atoms with Crippen LogP contribution in [0.1, 0.15) is 23.6 Å². The Morgan fingerprint density at radius 1 is 1.33 bits per heavy atom. The lowest BCUT2D eigenvalue weighted by molar-refractivity contribution is -0.134. The first kappa shape index (κ1) is 14.6. The monoisotopic (exact) mass is 267 g/mol. The van der Waals surface area contributed by atoms with Crippen LogP contribution in [0.2, 0.25) is 0 Å². The second-order valence-corrected chi connectivity index (χ2v) is 5.08. The molecule has 0 heterocycles. The molecule has 0 aliphatic carbocycles. The Kier molecular flexibility index (Phi) is 5.22. The zero-order chi connectivity index (χ0) is 13.7. The third kappa shape index (κ3) is 3.77. The van der Waals surface area contributed by atoms with Gasteiger partial charge in [0.1, 0.15) is 6.21 Å². The molecule has 1 rings (SSSR count). The van der Waals surface area contributed by atoms with Gasteiger partial charge in [-0.15, -0.1) is 0 Å². The van der Waals surface area contributed by atoms with Crippen LogP contribution >= 0.6 is 0 Å². The number of rotatable bonds is 4. The van der Waals surface area contributed by atoms with Crippen molar-refractivity contribution in [2.75, 3.05) is 6.61 Å². The van der Waals surface area contributed by atoms with E-state index in [0.717, 1.165) is 22.9 Å². The lowest BCUT2D eigenvalue weighted by atomic mass is 10.1. The minimum absolute atomic E-state index is 0.278. The predicted molar refractivity (Wildman–Crippen MR) is 72.2 cm³/mol. The summed E-state index contributed by atoms with van der Waals surface area (Å²) in [6, 6.07) is 3.89. The van der Waals surface area contributed by atoms with E-state index in [1.807, 2.05) is 32.9 Å². The first-order valence-electron chi connectivity index (χ1n) is 5.66. The van der Waals surface area contributed by atoms with E-state index in [2.05, 4.69) is 9.13 Å². The van der Waals surface area contributed by atoms with Crippen LogP contribution in [0.4, 0.5) is 0 Å². The van der Waals surface area contributed by atoms with E-state index in [9.17, 15) is 9.00 Å². The molecular formula is C13H17NO3S. The van der Waals surface area contributed by atoms with Crippen molar-refractivity contribution < 1.29 is 13.7 Å². The maximum absolute atomic E-state index is 12.0. The van der Waals surface area contributed by atoms with Gasteiger partial charge in [0.05, 0.1) is 11.5 Å². The Balaban J connectivity index is 2.95. The van der Waals surface area contributed by atoms with Crippen LogP contribution in [0.5, 0.6) is 0 Å². The van der Waals surface area contributed by atoms with E-state index < -0.39 is 17.0 Å². The second-order valence-electron chi connectivity index (χ2n) is 3.96. The van der Waals surface area contributed by atoms with Gasteiger partial charge in [0.2, 0.25) is 0 Å². The molecule has 4 nitrogen and oxygen atoms in total. The first-order chi connectivity index (χ1) is 8.45. The summed E-state index contributed by atoms with van der Waals surface area (Å²) in [5, 5.41) is 0. The average molecular weight is 267 g/mol. The number of carbonyl (C=O) groups excluding carboxylic acids is 1. The maximum atomic E-state index is 12.0. The molecule has 0 aromatic heterocycles. The molecule has 0 fully saturated rings. The van der Waals surface area contributed by atoms with Crippen LogP contribution in [-0.2, 0) is 20.5 Å². The van der Waals surface area contributed by atoms with Gasteiger partial charge in [0.15, 0.2) is 11.0 Å². The third-order valence-corrected chi connectivity index (χ3v) is 3.61. The number of nitrogens with zero attached hydrogens (tertiary/aromatic N) is 1. The molecule has 0 spiro atoms. The molecule has 1 aromatic rings. The fourth-order valence-electron chi connectivity index (χ4n) is 1.77. The van der Waals surface area contributed by atoms with E-state index >= 15 is 0 Å². The molecule has 0 bridgehead atoms. The van der Waals surface area contributed by atoms with E-state index in [-0.39, 0.29) is 6.61 Å². The summed E-state index contributed by atoms with van der Waals surface area (Å²) in [6.45, 7) is 7.73. The third-order valence-electron chi connectivity index (χ3n) is 2.32. The minimum Gasteiger partial charge on any atom is -0.462 e. The molecule has 0 N–H and O–H groups in total. The highest BCUT2D eigenvalue weighted by Crippen LogP contribution is 2.20. The van der Waals surface area contributed by atoms with Gasteiger partial charge < -0.3 is 4.74 Å². The summed E-state index contributed by atoms with van der Waals surface area (Å²) >= 11 is 0.